The van der Waals surface area contributed by atoms with E-state index in [-0.39, 0.29) is 0 Å². The molecule has 0 bridgehead atoms. The first-order chi connectivity index (χ1) is 10.3. The van der Waals surface area contributed by atoms with Gasteiger partial charge in [-0.3, -0.25) is 9.67 Å². The molecule has 6 nitrogen and oxygen atoms in total. The van der Waals surface area contributed by atoms with E-state index in [9.17, 15) is 0 Å². The second-order valence-electron chi connectivity index (χ2n) is 5.25. The minimum absolute atomic E-state index is 0.541. The van der Waals surface area contributed by atoms with E-state index in [1.54, 1.807) is 12.4 Å². The average Bonchev–Trinajstić information content (AvgIpc) is 3.17. The zero-order valence-electron chi connectivity index (χ0n) is 12.3. The van der Waals surface area contributed by atoms with Gasteiger partial charge in [0.25, 0.3) is 0 Å². The lowest BCUT2D eigenvalue weighted by atomic mass is 10.3. The molecule has 112 valence electrons. The minimum Gasteiger partial charge on any atom is -0.477 e. The fraction of sp³-hybridized carbons (Fsp3) is 0.533. The Kier molecular flexibility index (Phi) is 4.33. The number of hydrogen-bond acceptors (Lipinski definition) is 5. The normalized spacial score (nSPS) is 15.3. The lowest BCUT2D eigenvalue weighted by Gasteiger charge is -2.09. The predicted molar refractivity (Wildman–Crippen MR) is 80.3 cm³/mol. The molecular weight excluding hydrogens is 266 g/mol. The molecule has 0 unspecified atom stereocenters. The summed E-state index contributed by atoms with van der Waals surface area (Å²) in [6.07, 6.45) is 10.5. The molecule has 0 spiro atoms. The van der Waals surface area contributed by atoms with Gasteiger partial charge in [-0.1, -0.05) is 12.8 Å². The molecule has 0 atom stereocenters. The molecule has 1 fully saturated rings. The summed E-state index contributed by atoms with van der Waals surface area (Å²) < 4.78 is 7.44. The number of ether oxygens (including phenoxy) is 1. The largest absolute Gasteiger partial charge is 0.477 e. The lowest BCUT2D eigenvalue weighted by Crippen LogP contribution is -2.08. The first kappa shape index (κ1) is 13.9. The van der Waals surface area contributed by atoms with Crippen LogP contribution in [0.4, 0.5) is 5.82 Å². The Labute approximate surface area is 124 Å². The molecule has 1 aliphatic rings. The standard InChI is InChI=1S/C15H21N5O/c1-2-21-15-11-16-10-14(18-15)17-9-12-7-8-20(19-12)13-5-3-4-6-13/h7-8,10-11,13H,2-6,9H2,1H3,(H,17,18). The van der Waals surface area contributed by atoms with Crippen molar-refractivity contribution in [2.75, 3.05) is 11.9 Å². The van der Waals surface area contributed by atoms with Gasteiger partial charge in [0.15, 0.2) is 0 Å². The van der Waals surface area contributed by atoms with Crippen molar-refractivity contribution in [1.29, 1.82) is 0 Å². The summed E-state index contributed by atoms with van der Waals surface area (Å²) >= 11 is 0. The minimum atomic E-state index is 0.541. The van der Waals surface area contributed by atoms with E-state index in [1.807, 2.05) is 6.92 Å². The number of nitrogens with zero attached hydrogens (tertiary/aromatic N) is 4. The van der Waals surface area contributed by atoms with Crippen LogP contribution in [-0.2, 0) is 6.54 Å². The van der Waals surface area contributed by atoms with Crippen molar-refractivity contribution in [3.63, 3.8) is 0 Å². The van der Waals surface area contributed by atoms with Crippen molar-refractivity contribution in [2.45, 2.75) is 45.2 Å². The van der Waals surface area contributed by atoms with E-state index < -0.39 is 0 Å². The molecule has 1 saturated carbocycles. The number of anilines is 1. The summed E-state index contributed by atoms with van der Waals surface area (Å²) in [4.78, 5) is 8.44. The van der Waals surface area contributed by atoms with Gasteiger partial charge >= 0.3 is 0 Å². The predicted octanol–water partition coefficient (Wildman–Crippen LogP) is 2.80. The Hall–Kier alpha value is -2.11. The molecule has 21 heavy (non-hydrogen) atoms. The molecule has 1 aliphatic carbocycles. The van der Waals surface area contributed by atoms with Gasteiger partial charge in [-0.25, -0.2) is 0 Å². The van der Waals surface area contributed by atoms with Crippen LogP contribution in [0.1, 0.15) is 44.3 Å². The third-order valence-corrected chi connectivity index (χ3v) is 3.72. The van der Waals surface area contributed by atoms with Gasteiger partial charge in [0, 0.05) is 6.20 Å². The van der Waals surface area contributed by atoms with Crippen molar-refractivity contribution < 1.29 is 4.74 Å². The highest BCUT2D eigenvalue weighted by atomic mass is 16.5. The highest BCUT2D eigenvalue weighted by Crippen LogP contribution is 2.28. The monoisotopic (exact) mass is 287 g/mol. The molecular formula is C15H21N5O. The van der Waals surface area contributed by atoms with Gasteiger partial charge in [-0.05, 0) is 25.8 Å². The molecule has 3 rings (SSSR count). The van der Waals surface area contributed by atoms with E-state index in [0.717, 1.165) is 5.69 Å². The van der Waals surface area contributed by atoms with Crippen LogP contribution in [0.2, 0.25) is 0 Å². The smallest absolute Gasteiger partial charge is 0.234 e. The Bertz CT molecular complexity index is 577. The second kappa shape index (κ2) is 6.56. The lowest BCUT2D eigenvalue weighted by molar-refractivity contribution is 0.325. The summed E-state index contributed by atoms with van der Waals surface area (Å²) in [5.41, 5.74) is 1.02. The highest BCUT2D eigenvalue weighted by molar-refractivity contribution is 5.33. The maximum atomic E-state index is 5.34. The fourth-order valence-electron chi connectivity index (χ4n) is 2.68. The van der Waals surface area contributed by atoms with Crippen molar-refractivity contribution in [3.05, 3.63) is 30.4 Å². The SMILES string of the molecule is CCOc1cncc(NCc2ccn(C3CCCC3)n2)n1. The molecule has 0 saturated heterocycles. The highest BCUT2D eigenvalue weighted by Gasteiger charge is 2.17. The van der Waals surface area contributed by atoms with Crippen LogP contribution in [0.15, 0.2) is 24.7 Å². The maximum Gasteiger partial charge on any atom is 0.234 e. The summed E-state index contributed by atoms with van der Waals surface area (Å²) in [6, 6.07) is 2.64. The number of nitrogens with one attached hydrogen (secondary N) is 1. The summed E-state index contributed by atoms with van der Waals surface area (Å²) in [7, 11) is 0. The topological polar surface area (TPSA) is 64.9 Å². The van der Waals surface area contributed by atoms with Crippen molar-refractivity contribution in [1.82, 2.24) is 19.7 Å². The van der Waals surface area contributed by atoms with E-state index in [4.69, 9.17) is 4.74 Å². The van der Waals surface area contributed by atoms with Crippen molar-refractivity contribution in [2.24, 2.45) is 0 Å². The first-order valence-corrected chi connectivity index (χ1v) is 7.58. The Balaban J connectivity index is 1.58. The van der Waals surface area contributed by atoms with Gasteiger partial charge < -0.3 is 10.1 Å². The van der Waals surface area contributed by atoms with Crippen LogP contribution >= 0.6 is 0 Å². The first-order valence-electron chi connectivity index (χ1n) is 7.58. The van der Waals surface area contributed by atoms with E-state index in [0.29, 0.717) is 30.9 Å². The van der Waals surface area contributed by atoms with E-state index in [2.05, 4.69) is 37.3 Å². The van der Waals surface area contributed by atoms with Gasteiger partial charge in [0.05, 0.1) is 37.3 Å². The van der Waals surface area contributed by atoms with Gasteiger partial charge in [0.1, 0.15) is 5.82 Å². The van der Waals surface area contributed by atoms with E-state index in [1.165, 1.54) is 25.7 Å². The van der Waals surface area contributed by atoms with Crippen molar-refractivity contribution >= 4 is 5.82 Å². The number of rotatable bonds is 6. The molecule has 2 aromatic heterocycles. The zero-order valence-corrected chi connectivity index (χ0v) is 12.3. The molecule has 0 aliphatic heterocycles. The van der Waals surface area contributed by atoms with Gasteiger partial charge in [-0.2, -0.15) is 10.1 Å². The van der Waals surface area contributed by atoms with Gasteiger partial charge in [0.2, 0.25) is 5.88 Å². The molecule has 0 amide bonds. The van der Waals surface area contributed by atoms with Crippen LogP contribution in [0.3, 0.4) is 0 Å². The average molecular weight is 287 g/mol. The summed E-state index contributed by atoms with van der Waals surface area (Å²) in [5, 5.41) is 7.88. The Morgan fingerprint density at radius 2 is 2.19 bits per heavy atom. The van der Waals surface area contributed by atoms with Gasteiger partial charge in [-0.15, -0.1) is 0 Å². The van der Waals surface area contributed by atoms with Crippen LogP contribution in [-0.4, -0.2) is 26.4 Å². The van der Waals surface area contributed by atoms with Crippen LogP contribution in [0.5, 0.6) is 5.88 Å². The second-order valence-corrected chi connectivity index (χ2v) is 5.25. The molecule has 0 aromatic carbocycles. The quantitative estimate of drug-likeness (QED) is 0.885. The number of aromatic nitrogens is 4. The Morgan fingerprint density at radius 1 is 1.33 bits per heavy atom. The molecule has 2 aromatic rings. The van der Waals surface area contributed by atoms with Crippen LogP contribution in [0.25, 0.3) is 0 Å². The third-order valence-electron chi connectivity index (χ3n) is 3.72. The van der Waals surface area contributed by atoms with E-state index >= 15 is 0 Å². The van der Waals surface area contributed by atoms with Crippen LogP contribution < -0.4 is 10.1 Å². The molecule has 6 heteroatoms. The zero-order chi connectivity index (χ0) is 14.5. The molecule has 2 heterocycles. The molecule has 0 radical (unpaired) electrons. The van der Waals surface area contributed by atoms with Crippen molar-refractivity contribution in [3.8, 4) is 5.88 Å². The maximum absolute atomic E-state index is 5.34. The van der Waals surface area contributed by atoms with Crippen LogP contribution in [0, 0.1) is 0 Å². The molecule has 1 N–H and O–H groups in total. The third kappa shape index (κ3) is 3.51. The summed E-state index contributed by atoms with van der Waals surface area (Å²) in [5.74, 6) is 1.25. The fourth-order valence-corrected chi connectivity index (χ4v) is 2.68. The Morgan fingerprint density at radius 3 is 3.00 bits per heavy atom. The number of hydrogen-bond donors (Lipinski definition) is 1. The summed E-state index contributed by atoms with van der Waals surface area (Å²) in [6.45, 7) is 3.16.